The van der Waals surface area contributed by atoms with E-state index in [0.717, 1.165) is 17.7 Å². The molecule has 43 heavy (non-hydrogen) atoms. The van der Waals surface area contributed by atoms with Gasteiger partial charge < -0.3 is 14.6 Å². The number of hydrogen-bond donors (Lipinski definition) is 1. The minimum atomic E-state index is -1.67. The van der Waals surface area contributed by atoms with Gasteiger partial charge in [0, 0.05) is 37.8 Å². The van der Waals surface area contributed by atoms with Crippen molar-refractivity contribution in [1.29, 1.82) is 0 Å². The number of piperidine rings is 1. The molecule has 8 nitrogen and oxygen atoms in total. The standard InChI is InChI=1S/C35H36N2O6/c1-25(2)37-31(40)35(27-14-8-4-9-15-27,28-16-10-5-11-17-28)34(32(37)42-29(38)18-19-30(39)43-34)24-36-22-20-33(41,21-23-36)26-12-6-3-7-13-26/h3-19,25,32,41H,20-24H2,1-2H3/b19-18-. The van der Waals surface area contributed by atoms with E-state index >= 15 is 4.79 Å². The Bertz CT molecular complexity index is 1480. The van der Waals surface area contributed by atoms with E-state index in [0.29, 0.717) is 37.1 Å². The summed E-state index contributed by atoms with van der Waals surface area (Å²) in [6, 6.07) is 27.8. The first-order chi connectivity index (χ1) is 20.7. The molecule has 222 valence electrons. The molecule has 8 heteroatoms. The van der Waals surface area contributed by atoms with Crippen molar-refractivity contribution in [2.45, 2.75) is 55.6 Å². The molecule has 0 spiro atoms. The number of esters is 2. The maximum Gasteiger partial charge on any atom is 0.333 e. The molecule has 3 aliphatic rings. The van der Waals surface area contributed by atoms with Crippen molar-refractivity contribution < 1.29 is 29.0 Å². The molecule has 0 bridgehead atoms. The van der Waals surface area contributed by atoms with E-state index in [2.05, 4.69) is 4.90 Å². The van der Waals surface area contributed by atoms with Crippen LogP contribution in [0.3, 0.4) is 0 Å². The van der Waals surface area contributed by atoms with Crippen LogP contribution in [0.1, 0.15) is 43.4 Å². The zero-order valence-corrected chi connectivity index (χ0v) is 24.4. The summed E-state index contributed by atoms with van der Waals surface area (Å²) in [5.74, 6) is -1.77. The van der Waals surface area contributed by atoms with Crippen LogP contribution in [-0.4, -0.2) is 70.3 Å². The third-order valence-corrected chi connectivity index (χ3v) is 9.13. The van der Waals surface area contributed by atoms with E-state index in [9.17, 15) is 14.7 Å². The predicted octanol–water partition coefficient (Wildman–Crippen LogP) is 3.93. The summed E-state index contributed by atoms with van der Waals surface area (Å²) >= 11 is 0. The molecule has 3 aromatic rings. The fourth-order valence-corrected chi connectivity index (χ4v) is 7.13. The predicted molar refractivity (Wildman–Crippen MR) is 160 cm³/mol. The average molecular weight is 581 g/mol. The zero-order chi connectivity index (χ0) is 30.2. The highest BCUT2D eigenvalue weighted by molar-refractivity contribution is 6.00. The average Bonchev–Trinajstić information content (AvgIpc) is 3.21. The van der Waals surface area contributed by atoms with Gasteiger partial charge in [-0.05, 0) is 43.4 Å². The quantitative estimate of drug-likeness (QED) is 0.442. The van der Waals surface area contributed by atoms with Crippen molar-refractivity contribution in [3.63, 3.8) is 0 Å². The number of aliphatic hydroxyl groups is 1. The van der Waals surface area contributed by atoms with Gasteiger partial charge in [-0.3, -0.25) is 14.6 Å². The summed E-state index contributed by atoms with van der Waals surface area (Å²) in [7, 11) is 0. The van der Waals surface area contributed by atoms with Crippen LogP contribution >= 0.6 is 0 Å². The number of amides is 1. The topological polar surface area (TPSA) is 96.4 Å². The summed E-state index contributed by atoms with van der Waals surface area (Å²) in [5.41, 5.74) is -2.11. The molecule has 2 unspecified atom stereocenters. The molecule has 0 aliphatic carbocycles. The summed E-state index contributed by atoms with van der Waals surface area (Å²) < 4.78 is 12.6. The van der Waals surface area contributed by atoms with Gasteiger partial charge in [0.1, 0.15) is 5.41 Å². The molecular weight excluding hydrogens is 544 g/mol. The van der Waals surface area contributed by atoms with E-state index in [1.807, 2.05) is 105 Å². The van der Waals surface area contributed by atoms with Crippen LogP contribution in [0.5, 0.6) is 0 Å². The Kier molecular flexibility index (Phi) is 7.44. The minimum absolute atomic E-state index is 0.0914. The number of rotatable bonds is 6. The summed E-state index contributed by atoms with van der Waals surface area (Å²) in [6.07, 6.45) is 1.78. The minimum Gasteiger partial charge on any atom is -0.447 e. The van der Waals surface area contributed by atoms with Gasteiger partial charge in [0.25, 0.3) is 0 Å². The smallest absolute Gasteiger partial charge is 0.333 e. The van der Waals surface area contributed by atoms with E-state index in [4.69, 9.17) is 9.47 Å². The number of likely N-dealkylation sites (tertiary alicyclic amines) is 2. The van der Waals surface area contributed by atoms with E-state index in [-0.39, 0.29) is 18.5 Å². The highest BCUT2D eigenvalue weighted by Gasteiger charge is 2.75. The summed E-state index contributed by atoms with van der Waals surface area (Å²) in [5, 5.41) is 11.6. The van der Waals surface area contributed by atoms with Crippen molar-refractivity contribution >= 4 is 17.8 Å². The lowest BCUT2D eigenvalue weighted by Gasteiger charge is -2.49. The van der Waals surface area contributed by atoms with Crippen LogP contribution in [0.15, 0.2) is 103 Å². The zero-order valence-electron chi connectivity index (χ0n) is 24.4. The molecule has 0 radical (unpaired) electrons. The number of hydrogen-bond acceptors (Lipinski definition) is 7. The lowest BCUT2D eigenvalue weighted by atomic mass is 9.63. The fraction of sp³-hybridized carbons (Fsp3) is 0.343. The molecular formula is C35H36N2O6. The maximum atomic E-state index is 15.1. The van der Waals surface area contributed by atoms with Gasteiger partial charge in [-0.25, -0.2) is 9.59 Å². The highest BCUT2D eigenvalue weighted by atomic mass is 16.6. The van der Waals surface area contributed by atoms with Gasteiger partial charge in [0.05, 0.1) is 5.60 Å². The van der Waals surface area contributed by atoms with Gasteiger partial charge in [-0.1, -0.05) is 91.0 Å². The monoisotopic (exact) mass is 580 g/mol. The second kappa shape index (κ2) is 11.1. The lowest BCUT2D eigenvalue weighted by molar-refractivity contribution is -0.204. The molecule has 6 rings (SSSR count). The SMILES string of the molecule is CC(C)N1C(=O)C(c2ccccc2)(c2ccccc2)C2(CN3CCC(O)(c4ccccc4)CC3)OC(=O)/C=C\C(=O)OC12. The Balaban J connectivity index is 1.54. The number of fused-ring (bicyclic) bond motifs is 1. The number of carbonyl (C=O) groups is 3. The molecule has 3 aliphatic heterocycles. The lowest BCUT2D eigenvalue weighted by Crippen LogP contribution is -2.66. The summed E-state index contributed by atoms with van der Waals surface area (Å²) in [4.78, 5) is 45.3. The van der Waals surface area contributed by atoms with Gasteiger partial charge in [0.15, 0.2) is 0 Å². The molecule has 2 saturated heterocycles. The molecule has 0 saturated carbocycles. The van der Waals surface area contributed by atoms with Crippen LogP contribution in [0, 0.1) is 0 Å². The third-order valence-electron chi connectivity index (χ3n) is 9.13. The number of ether oxygens (including phenoxy) is 2. The van der Waals surface area contributed by atoms with Gasteiger partial charge in [0.2, 0.25) is 17.7 Å². The molecule has 2 atom stereocenters. The van der Waals surface area contributed by atoms with Crippen molar-refractivity contribution in [1.82, 2.24) is 9.80 Å². The maximum absolute atomic E-state index is 15.1. The van der Waals surface area contributed by atoms with Crippen LogP contribution in [-0.2, 0) is 34.9 Å². The molecule has 2 fully saturated rings. The third kappa shape index (κ3) is 4.65. The Labute approximate surface area is 251 Å². The van der Waals surface area contributed by atoms with Crippen LogP contribution in [0.2, 0.25) is 0 Å². The fourth-order valence-electron chi connectivity index (χ4n) is 7.13. The Morgan fingerprint density at radius 2 is 1.26 bits per heavy atom. The van der Waals surface area contributed by atoms with Crippen molar-refractivity contribution in [2.24, 2.45) is 0 Å². The first kappa shape index (κ1) is 28.8. The first-order valence-electron chi connectivity index (χ1n) is 14.8. The largest absolute Gasteiger partial charge is 0.447 e. The second-order valence-corrected chi connectivity index (χ2v) is 11.9. The van der Waals surface area contributed by atoms with Crippen molar-refractivity contribution in [2.75, 3.05) is 19.6 Å². The number of benzene rings is 3. The second-order valence-electron chi connectivity index (χ2n) is 11.9. The van der Waals surface area contributed by atoms with E-state index < -0.39 is 34.8 Å². The Morgan fingerprint density at radius 1 is 0.767 bits per heavy atom. The van der Waals surface area contributed by atoms with E-state index in [1.54, 1.807) is 4.90 Å². The van der Waals surface area contributed by atoms with E-state index in [1.165, 1.54) is 0 Å². The molecule has 1 N–H and O–H groups in total. The molecule has 1 amide bonds. The molecule has 0 aromatic heterocycles. The molecule has 3 aromatic carbocycles. The van der Waals surface area contributed by atoms with Crippen molar-refractivity contribution in [3.05, 3.63) is 120 Å². The van der Waals surface area contributed by atoms with Gasteiger partial charge >= 0.3 is 11.9 Å². The van der Waals surface area contributed by atoms with Crippen LogP contribution in [0.4, 0.5) is 0 Å². The first-order valence-corrected chi connectivity index (χ1v) is 14.8. The normalized spacial score (nSPS) is 25.8. The van der Waals surface area contributed by atoms with Crippen LogP contribution in [0.25, 0.3) is 0 Å². The number of carbonyl (C=O) groups excluding carboxylic acids is 3. The highest BCUT2D eigenvalue weighted by Crippen LogP contribution is 2.55. The van der Waals surface area contributed by atoms with Crippen LogP contribution < -0.4 is 0 Å². The molecule has 3 heterocycles. The van der Waals surface area contributed by atoms with Gasteiger partial charge in [-0.2, -0.15) is 0 Å². The van der Waals surface area contributed by atoms with Gasteiger partial charge in [-0.15, -0.1) is 0 Å². The van der Waals surface area contributed by atoms with Crippen molar-refractivity contribution in [3.8, 4) is 0 Å². The Morgan fingerprint density at radius 3 is 1.77 bits per heavy atom. The summed E-state index contributed by atoms with van der Waals surface area (Å²) in [6.45, 7) is 4.75. The Hall–Kier alpha value is -4.27. The number of nitrogens with zero attached hydrogens (tertiary/aromatic N) is 2.